The Morgan fingerprint density at radius 1 is 1.21 bits per heavy atom. The van der Waals surface area contributed by atoms with Crippen LogP contribution in [-0.2, 0) is 4.74 Å². The maximum atomic E-state index is 12.4. The predicted molar refractivity (Wildman–Crippen MR) is 112 cm³/mol. The van der Waals surface area contributed by atoms with Gasteiger partial charge in [0.25, 0.3) is 0 Å². The lowest BCUT2D eigenvalue weighted by molar-refractivity contribution is -0.0274. The van der Waals surface area contributed by atoms with Gasteiger partial charge in [-0.05, 0) is 71.4 Å². The summed E-state index contributed by atoms with van der Waals surface area (Å²) in [6.07, 6.45) is 7.06. The molecule has 0 bridgehead atoms. The molecule has 2 aromatic heterocycles. The zero-order valence-electron chi connectivity index (χ0n) is 17.1. The Morgan fingerprint density at radius 3 is 2.54 bits per heavy atom. The summed E-state index contributed by atoms with van der Waals surface area (Å²) in [6, 6.07) is 3.91. The van der Waals surface area contributed by atoms with Crippen molar-refractivity contribution in [1.82, 2.24) is 14.5 Å². The molecule has 4 rings (SSSR count). The Balaban J connectivity index is 0.00000225. The maximum Gasteiger partial charge on any atom is 0.421 e. The van der Waals surface area contributed by atoms with Crippen molar-refractivity contribution in [2.45, 2.75) is 77.0 Å². The number of halogens is 1. The summed E-state index contributed by atoms with van der Waals surface area (Å²) < 4.78 is 13.0. The number of piperidine rings is 1. The minimum absolute atomic E-state index is 0. The Kier molecular flexibility index (Phi) is 6.52. The molecule has 1 saturated carbocycles. The molecule has 0 unspecified atom stereocenters. The molecule has 2 aliphatic rings. The van der Waals surface area contributed by atoms with Crippen LogP contribution < -0.4 is 5.76 Å². The third-order valence-corrected chi connectivity index (χ3v) is 6.61. The highest BCUT2D eigenvalue weighted by atomic mass is 35.5. The van der Waals surface area contributed by atoms with Crippen molar-refractivity contribution >= 4 is 23.6 Å². The van der Waals surface area contributed by atoms with Crippen molar-refractivity contribution in [3.63, 3.8) is 0 Å². The van der Waals surface area contributed by atoms with E-state index in [9.17, 15) is 4.79 Å². The van der Waals surface area contributed by atoms with Gasteiger partial charge < -0.3 is 9.15 Å². The number of fused-ring (bicyclic) bond motifs is 1. The highest BCUT2D eigenvalue weighted by molar-refractivity contribution is 5.85. The molecule has 0 atom stereocenters. The van der Waals surface area contributed by atoms with E-state index in [0.29, 0.717) is 17.3 Å². The zero-order valence-corrected chi connectivity index (χ0v) is 18.0. The van der Waals surface area contributed by atoms with Crippen molar-refractivity contribution in [3.8, 4) is 0 Å². The molecule has 0 amide bonds. The van der Waals surface area contributed by atoms with E-state index < -0.39 is 0 Å². The first-order valence-corrected chi connectivity index (χ1v) is 10.4. The molecular formula is C21H32ClN3O3. The first kappa shape index (κ1) is 21.3. The predicted octanol–water partition coefficient (Wildman–Crippen LogP) is 4.09. The fourth-order valence-corrected chi connectivity index (χ4v) is 4.93. The van der Waals surface area contributed by atoms with Gasteiger partial charge in [0.15, 0.2) is 11.2 Å². The van der Waals surface area contributed by atoms with Crippen LogP contribution >= 0.6 is 12.4 Å². The second kappa shape index (κ2) is 8.56. The molecule has 0 spiro atoms. The molecular weight excluding hydrogens is 378 g/mol. The van der Waals surface area contributed by atoms with Gasteiger partial charge in [0.05, 0.1) is 6.10 Å². The van der Waals surface area contributed by atoms with Gasteiger partial charge in [-0.25, -0.2) is 9.78 Å². The number of aromatic nitrogens is 2. The average molecular weight is 410 g/mol. The monoisotopic (exact) mass is 409 g/mol. The first-order chi connectivity index (χ1) is 13.0. The van der Waals surface area contributed by atoms with Gasteiger partial charge in [-0.1, -0.05) is 0 Å². The lowest BCUT2D eigenvalue weighted by Gasteiger charge is -2.48. The third-order valence-electron chi connectivity index (χ3n) is 6.61. The van der Waals surface area contributed by atoms with Gasteiger partial charge >= 0.3 is 5.76 Å². The first-order valence-electron chi connectivity index (χ1n) is 10.4. The summed E-state index contributed by atoms with van der Waals surface area (Å²) in [5.41, 5.74) is 2.46. The molecule has 3 heterocycles. The van der Waals surface area contributed by atoms with Gasteiger partial charge in [0, 0.05) is 37.0 Å². The van der Waals surface area contributed by atoms with Crippen LogP contribution in [0.5, 0.6) is 0 Å². The van der Waals surface area contributed by atoms with Crippen LogP contribution in [0.4, 0.5) is 0 Å². The minimum Gasteiger partial charge on any atom is -0.406 e. The summed E-state index contributed by atoms with van der Waals surface area (Å²) in [5.74, 6) is -0.273. The Bertz CT molecular complexity index is 846. The summed E-state index contributed by atoms with van der Waals surface area (Å²) in [6.45, 7) is 9.28. The van der Waals surface area contributed by atoms with E-state index in [4.69, 9.17) is 9.15 Å². The molecule has 1 aliphatic heterocycles. The lowest BCUT2D eigenvalue weighted by Crippen LogP contribution is -2.53. The molecule has 0 N–H and O–H groups in total. The van der Waals surface area contributed by atoms with E-state index >= 15 is 0 Å². The average Bonchev–Trinajstić information content (AvgIpc) is 2.99. The van der Waals surface area contributed by atoms with E-state index in [1.54, 1.807) is 4.57 Å². The standard InChI is InChI=1S/C21H31N3O3.ClH/c1-4-26-17-7-11-21(3,12-8-17)23-13-9-16(10-14-23)24-19-18(27-20(24)25)6-5-15(2)22-19;/h5-6,16-17H,4,7-14H2,1-3H3;1H/t17-,21-;. The molecule has 0 aromatic carbocycles. The number of ether oxygens (including phenoxy) is 1. The van der Waals surface area contributed by atoms with Crippen LogP contribution in [0.2, 0.25) is 0 Å². The minimum atomic E-state index is -0.273. The molecule has 6 nitrogen and oxygen atoms in total. The lowest BCUT2D eigenvalue weighted by atomic mass is 9.79. The quantitative estimate of drug-likeness (QED) is 0.760. The number of aryl methyl sites for hydroxylation is 1. The molecule has 0 radical (unpaired) electrons. The third kappa shape index (κ3) is 4.00. The van der Waals surface area contributed by atoms with Crippen LogP contribution in [0, 0.1) is 6.92 Å². The number of hydrogen-bond acceptors (Lipinski definition) is 5. The van der Waals surface area contributed by atoms with Crippen LogP contribution in [0.15, 0.2) is 21.3 Å². The fourth-order valence-electron chi connectivity index (χ4n) is 4.93. The number of hydrogen-bond donors (Lipinski definition) is 0. The van der Waals surface area contributed by atoms with Gasteiger partial charge in [0.2, 0.25) is 0 Å². The van der Waals surface area contributed by atoms with Crippen LogP contribution in [-0.4, -0.2) is 45.8 Å². The zero-order chi connectivity index (χ0) is 19.0. The van der Waals surface area contributed by atoms with Crippen LogP contribution in [0.25, 0.3) is 11.2 Å². The molecule has 1 saturated heterocycles. The molecule has 156 valence electrons. The van der Waals surface area contributed by atoms with Crippen LogP contribution in [0.3, 0.4) is 0 Å². The molecule has 1 aliphatic carbocycles. The summed E-state index contributed by atoms with van der Waals surface area (Å²) in [4.78, 5) is 19.6. The van der Waals surface area contributed by atoms with Gasteiger partial charge in [-0.3, -0.25) is 9.47 Å². The summed E-state index contributed by atoms with van der Waals surface area (Å²) in [7, 11) is 0. The van der Waals surface area contributed by atoms with Crippen LogP contribution in [0.1, 0.15) is 64.1 Å². The Labute approximate surface area is 172 Å². The van der Waals surface area contributed by atoms with Crippen molar-refractivity contribution in [1.29, 1.82) is 0 Å². The van der Waals surface area contributed by atoms with E-state index in [1.165, 1.54) is 12.8 Å². The second-order valence-electron chi connectivity index (χ2n) is 8.38. The van der Waals surface area contributed by atoms with Gasteiger partial charge in [-0.2, -0.15) is 0 Å². The molecule has 28 heavy (non-hydrogen) atoms. The second-order valence-corrected chi connectivity index (χ2v) is 8.38. The van der Waals surface area contributed by atoms with E-state index in [1.807, 2.05) is 19.1 Å². The highest BCUT2D eigenvalue weighted by Crippen LogP contribution is 2.38. The number of pyridine rings is 1. The topological polar surface area (TPSA) is 60.5 Å². The number of oxazole rings is 1. The van der Waals surface area contributed by atoms with E-state index in [0.717, 1.165) is 51.1 Å². The van der Waals surface area contributed by atoms with Crippen molar-refractivity contribution < 1.29 is 9.15 Å². The highest BCUT2D eigenvalue weighted by Gasteiger charge is 2.38. The number of nitrogens with zero attached hydrogens (tertiary/aromatic N) is 3. The maximum absolute atomic E-state index is 12.4. The Morgan fingerprint density at radius 2 is 1.89 bits per heavy atom. The molecule has 7 heteroatoms. The SMILES string of the molecule is CCO[C@H]1CC[C@](C)(N2CCC(n3c(=O)oc4ccc(C)nc43)CC2)CC1.Cl. The summed E-state index contributed by atoms with van der Waals surface area (Å²) >= 11 is 0. The Hall–Kier alpha value is -1.37. The smallest absolute Gasteiger partial charge is 0.406 e. The normalized spacial score (nSPS) is 27.0. The van der Waals surface area contributed by atoms with Crippen molar-refractivity contribution in [2.24, 2.45) is 0 Å². The molecule has 2 fully saturated rings. The van der Waals surface area contributed by atoms with E-state index in [2.05, 4.69) is 23.7 Å². The largest absolute Gasteiger partial charge is 0.421 e. The molecule has 2 aromatic rings. The summed E-state index contributed by atoms with van der Waals surface area (Å²) in [5, 5.41) is 0. The fraction of sp³-hybridized carbons (Fsp3) is 0.714. The van der Waals surface area contributed by atoms with Crippen molar-refractivity contribution in [2.75, 3.05) is 19.7 Å². The van der Waals surface area contributed by atoms with Gasteiger partial charge in [0.1, 0.15) is 0 Å². The van der Waals surface area contributed by atoms with Gasteiger partial charge in [-0.15, -0.1) is 12.4 Å². The number of likely N-dealkylation sites (tertiary alicyclic amines) is 1. The van der Waals surface area contributed by atoms with Crippen molar-refractivity contribution in [3.05, 3.63) is 28.4 Å². The van der Waals surface area contributed by atoms with E-state index in [-0.39, 0.29) is 29.7 Å². The number of rotatable bonds is 4.